The first kappa shape index (κ1) is 17.0. The summed E-state index contributed by atoms with van der Waals surface area (Å²) in [6.45, 7) is 1.95. The molecule has 4 nitrogen and oxygen atoms in total. The van der Waals surface area contributed by atoms with Crippen molar-refractivity contribution in [3.8, 4) is 0 Å². The number of ketones is 1. The third-order valence-corrected chi connectivity index (χ3v) is 2.78. The van der Waals surface area contributed by atoms with Crippen LogP contribution in [0.5, 0.6) is 0 Å². The number of hydrogen-bond acceptors (Lipinski definition) is 3. The lowest BCUT2D eigenvalue weighted by atomic mass is 10.0. The van der Waals surface area contributed by atoms with E-state index in [0.29, 0.717) is 0 Å². The maximum Gasteiger partial charge on any atom is 0.339 e. The number of carbonyl (C=O) groups excluding carboxylic acids is 2. The van der Waals surface area contributed by atoms with Crippen LogP contribution in [0.25, 0.3) is 0 Å². The highest BCUT2D eigenvalue weighted by Crippen LogP contribution is 2.61. The van der Waals surface area contributed by atoms with Crippen molar-refractivity contribution in [2.45, 2.75) is 13.3 Å². The van der Waals surface area contributed by atoms with E-state index in [2.05, 4.69) is 55.0 Å². The van der Waals surface area contributed by atoms with E-state index >= 15 is 0 Å². The van der Waals surface area contributed by atoms with Gasteiger partial charge in [0.15, 0.2) is 0 Å². The Labute approximate surface area is 132 Å². The monoisotopic (exact) mass is 405 g/mol. The zero-order chi connectivity index (χ0) is 14.8. The summed E-state index contributed by atoms with van der Waals surface area (Å²) in [5.74, 6) is -0.906. The Balaban J connectivity index is 0.000000312. The fourth-order valence-corrected chi connectivity index (χ4v) is 2.24. The Morgan fingerprint density at radius 1 is 1.26 bits per heavy atom. The van der Waals surface area contributed by atoms with E-state index in [0.717, 1.165) is 21.3 Å². The number of benzene rings is 1. The van der Waals surface area contributed by atoms with Crippen LogP contribution in [0.3, 0.4) is 0 Å². The average Bonchev–Trinajstić information content (AvgIpc) is 2.18. The number of anilines is 1. The molecule has 0 unspecified atom stereocenters. The molecular formula is C10H8BrCl3NO3P. The number of rotatable bonds is 0. The van der Waals surface area contributed by atoms with Gasteiger partial charge in [0.1, 0.15) is 0 Å². The van der Waals surface area contributed by atoms with Crippen molar-refractivity contribution < 1.29 is 14.2 Å². The van der Waals surface area contributed by atoms with E-state index in [-0.39, 0.29) is 12.2 Å². The predicted molar refractivity (Wildman–Crippen MR) is 81.4 cm³/mol. The van der Waals surface area contributed by atoms with Gasteiger partial charge in [0.05, 0.1) is 5.69 Å². The first-order valence-electron chi connectivity index (χ1n) is 4.90. The number of halogens is 4. The standard InChI is InChI=1S/C10H8BrNO2.Cl3OP/c1-5-2-6-4-8(13)10(14)12-9(6)7(11)3-5;1-5(2,3)4/h2-3H,4H2,1H3,(H,12,14);. The molecule has 0 aromatic heterocycles. The molecule has 104 valence electrons. The molecule has 1 aromatic carbocycles. The molecule has 0 aliphatic carbocycles. The van der Waals surface area contributed by atoms with Crippen molar-refractivity contribution >= 4 is 72.2 Å². The van der Waals surface area contributed by atoms with Gasteiger partial charge in [-0.15, -0.1) is 0 Å². The van der Waals surface area contributed by atoms with Crippen LogP contribution >= 0.6 is 54.9 Å². The highest BCUT2D eigenvalue weighted by molar-refractivity contribution is 9.10. The largest absolute Gasteiger partial charge is 0.339 e. The van der Waals surface area contributed by atoms with E-state index in [4.69, 9.17) is 0 Å². The maximum atomic E-state index is 11.2. The molecule has 1 aliphatic heterocycles. The number of amides is 1. The summed E-state index contributed by atoms with van der Waals surface area (Å²) in [5, 5.41) is -0.652. The molecule has 1 amide bonds. The Hall–Kier alpha value is -0.0600. The summed E-state index contributed by atoms with van der Waals surface area (Å²) in [6, 6.07) is 3.83. The van der Waals surface area contributed by atoms with E-state index < -0.39 is 11.1 Å². The van der Waals surface area contributed by atoms with E-state index in [1.165, 1.54) is 0 Å². The van der Waals surface area contributed by atoms with Crippen molar-refractivity contribution in [3.05, 3.63) is 27.7 Å². The van der Waals surface area contributed by atoms with Gasteiger partial charge >= 0.3 is 5.20 Å². The molecule has 0 bridgehead atoms. The van der Waals surface area contributed by atoms with Crippen molar-refractivity contribution in [2.24, 2.45) is 0 Å². The zero-order valence-corrected chi connectivity index (χ0v) is 14.3. The molecule has 2 rings (SSSR count). The molecule has 0 radical (unpaired) electrons. The van der Waals surface area contributed by atoms with Gasteiger partial charge in [-0.1, -0.05) is 6.07 Å². The second-order valence-corrected chi connectivity index (χ2v) is 11.2. The van der Waals surface area contributed by atoms with E-state index in [1.54, 1.807) is 0 Å². The van der Waals surface area contributed by atoms with Crippen LogP contribution in [0, 0.1) is 6.92 Å². The Morgan fingerprint density at radius 2 is 1.79 bits per heavy atom. The Kier molecular flexibility index (Phi) is 5.90. The van der Waals surface area contributed by atoms with Crippen LogP contribution in [0.2, 0.25) is 0 Å². The third kappa shape index (κ3) is 5.84. The molecule has 0 saturated heterocycles. The molecule has 1 heterocycles. The van der Waals surface area contributed by atoms with Crippen molar-refractivity contribution in [3.63, 3.8) is 0 Å². The van der Waals surface area contributed by atoms with Gasteiger partial charge in [0.25, 0.3) is 5.91 Å². The van der Waals surface area contributed by atoms with E-state index in [9.17, 15) is 14.2 Å². The number of fused-ring (bicyclic) bond motifs is 1. The van der Waals surface area contributed by atoms with Crippen LogP contribution < -0.4 is 5.32 Å². The lowest BCUT2D eigenvalue weighted by molar-refractivity contribution is -0.134. The quantitative estimate of drug-likeness (QED) is 0.504. The van der Waals surface area contributed by atoms with Gasteiger partial charge < -0.3 is 5.32 Å². The number of aryl methyl sites for hydroxylation is 1. The van der Waals surface area contributed by atoms with Crippen LogP contribution in [0.1, 0.15) is 11.1 Å². The molecule has 19 heavy (non-hydrogen) atoms. The molecule has 0 spiro atoms. The molecule has 0 fully saturated rings. The van der Waals surface area contributed by atoms with Crippen LogP contribution in [-0.4, -0.2) is 11.7 Å². The number of Topliss-reactive ketones (excluding diaryl/α,β-unsaturated/α-hetero) is 1. The normalized spacial score (nSPS) is 14.2. The molecule has 1 aliphatic rings. The summed E-state index contributed by atoms with van der Waals surface area (Å²) in [7, 11) is 0. The molecule has 9 heteroatoms. The van der Waals surface area contributed by atoms with Gasteiger partial charge in [-0.2, -0.15) is 0 Å². The fraction of sp³-hybridized carbons (Fsp3) is 0.200. The van der Waals surface area contributed by atoms with Crippen LogP contribution in [0.15, 0.2) is 16.6 Å². The first-order valence-corrected chi connectivity index (χ1v) is 10.1. The van der Waals surface area contributed by atoms with Gasteiger partial charge in [0.2, 0.25) is 5.78 Å². The second kappa shape index (κ2) is 6.59. The Morgan fingerprint density at radius 3 is 2.32 bits per heavy atom. The first-order chi connectivity index (χ1) is 8.58. The minimum Gasteiger partial charge on any atom is -0.318 e. The number of carbonyl (C=O) groups is 2. The van der Waals surface area contributed by atoms with Crippen molar-refractivity contribution in [1.29, 1.82) is 0 Å². The van der Waals surface area contributed by atoms with Gasteiger partial charge in [0, 0.05) is 10.9 Å². The Bertz CT molecular complexity index is 579. The van der Waals surface area contributed by atoms with Gasteiger partial charge in [-0.3, -0.25) is 14.2 Å². The van der Waals surface area contributed by atoms with E-state index in [1.807, 2.05) is 19.1 Å². The molecule has 1 N–H and O–H groups in total. The number of hydrogen-bond donors (Lipinski definition) is 1. The molecule has 1 aromatic rings. The summed E-state index contributed by atoms with van der Waals surface area (Å²) < 4.78 is 10.3. The highest BCUT2D eigenvalue weighted by Gasteiger charge is 2.24. The summed E-state index contributed by atoms with van der Waals surface area (Å²) in [5.41, 5.74) is 2.67. The lowest BCUT2D eigenvalue weighted by Crippen LogP contribution is -2.30. The molecule has 0 saturated carbocycles. The summed E-state index contributed by atoms with van der Waals surface area (Å²) in [4.78, 5) is 22.3. The smallest absolute Gasteiger partial charge is 0.318 e. The topological polar surface area (TPSA) is 63.2 Å². The van der Waals surface area contributed by atoms with Crippen LogP contribution in [-0.2, 0) is 20.6 Å². The maximum absolute atomic E-state index is 11.2. The molecular weight excluding hydrogens is 399 g/mol. The molecule has 0 atom stereocenters. The van der Waals surface area contributed by atoms with Gasteiger partial charge in [-0.25, -0.2) is 0 Å². The zero-order valence-electron chi connectivity index (χ0n) is 9.55. The number of nitrogens with one attached hydrogen (secondary N) is 1. The fourth-order valence-electron chi connectivity index (χ4n) is 1.53. The average molecular weight is 407 g/mol. The second-order valence-electron chi connectivity index (χ2n) is 3.73. The highest BCUT2D eigenvalue weighted by atomic mass is 79.9. The lowest BCUT2D eigenvalue weighted by Gasteiger charge is -2.17. The van der Waals surface area contributed by atoms with Crippen molar-refractivity contribution in [1.82, 2.24) is 0 Å². The predicted octanol–water partition coefficient (Wildman–Crippen LogP) is 4.63. The van der Waals surface area contributed by atoms with Gasteiger partial charge in [-0.05, 0) is 73.8 Å². The minimum absolute atomic E-state index is 0.196. The van der Waals surface area contributed by atoms with Crippen molar-refractivity contribution in [2.75, 3.05) is 5.32 Å². The minimum atomic E-state index is -3.22. The SMILES string of the molecule is Cc1cc(Br)c2c(c1)CC(=O)C(=O)N2.O=P(Cl)(Cl)Cl. The summed E-state index contributed by atoms with van der Waals surface area (Å²) >= 11 is 17.2. The summed E-state index contributed by atoms with van der Waals surface area (Å²) in [6.07, 6.45) is 0.196. The third-order valence-electron chi connectivity index (χ3n) is 2.16. The van der Waals surface area contributed by atoms with Crippen LogP contribution in [0.4, 0.5) is 5.69 Å².